The standard InChI is InChI=1S/C19H15FN2O5/c20-14-6-2-3-7-15(14)21-19(25)22-17(23)11-27-18(24)13-9-12-5-1-4-8-16(12)26-10-13/h1-9H,10-11H2,(H2,21,22,23,25). The minimum atomic E-state index is -0.935. The van der Waals surface area contributed by atoms with Crippen molar-refractivity contribution < 1.29 is 28.2 Å². The lowest BCUT2D eigenvalue weighted by molar-refractivity contribution is -0.144. The topological polar surface area (TPSA) is 93.7 Å². The SMILES string of the molecule is O=C(COC(=O)C1=Cc2ccccc2OC1)NC(=O)Nc1ccccc1F. The van der Waals surface area contributed by atoms with E-state index in [2.05, 4.69) is 5.32 Å². The number of urea groups is 1. The van der Waals surface area contributed by atoms with Crippen LogP contribution in [0, 0.1) is 5.82 Å². The summed E-state index contributed by atoms with van der Waals surface area (Å²) < 4.78 is 23.8. The van der Waals surface area contributed by atoms with Gasteiger partial charge in [-0.3, -0.25) is 10.1 Å². The number of benzene rings is 2. The lowest BCUT2D eigenvalue weighted by Crippen LogP contribution is -2.37. The molecule has 0 saturated heterocycles. The Kier molecular flexibility index (Phi) is 5.46. The maximum Gasteiger partial charge on any atom is 0.338 e. The molecule has 0 bridgehead atoms. The number of esters is 1. The summed E-state index contributed by atoms with van der Waals surface area (Å²) in [7, 11) is 0. The number of hydrogen-bond acceptors (Lipinski definition) is 5. The molecule has 138 valence electrons. The van der Waals surface area contributed by atoms with E-state index >= 15 is 0 Å². The second kappa shape index (κ2) is 8.13. The summed E-state index contributed by atoms with van der Waals surface area (Å²) in [5.74, 6) is -1.57. The Bertz CT molecular complexity index is 926. The molecule has 0 saturated carbocycles. The highest BCUT2D eigenvalue weighted by Crippen LogP contribution is 2.26. The van der Waals surface area contributed by atoms with E-state index in [1.54, 1.807) is 24.3 Å². The molecule has 3 rings (SSSR count). The van der Waals surface area contributed by atoms with E-state index in [4.69, 9.17) is 9.47 Å². The number of fused-ring (bicyclic) bond motifs is 1. The quantitative estimate of drug-likeness (QED) is 0.807. The van der Waals surface area contributed by atoms with Gasteiger partial charge in [0, 0.05) is 5.56 Å². The van der Waals surface area contributed by atoms with Gasteiger partial charge in [0.25, 0.3) is 5.91 Å². The Morgan fingerprint density at radius 1 is 1.07 bits per heavy atom. The predicted octanol–water partition coefficient (Wildman–Crippen LogP) is 2.49. The third-order valence-electron chi connectivity index (χ3n) is 3.60. The Morgan fingerprint density at radius 2 is 1.81 bits per heavy atom. The van der Waals surface area contributed by atoms with Gasteiger partial charge in [0.05, 0.1) is 11.3 Å². The molecule has 0 radical (unpaired) electrons. The molecule has 0 spiro atoms. The van der Waals surface area contributed by atoms with Gasteiger partial charge in [-0.1, -0.05) is 30.3 Å². The van der Waals surface area contributed by atoms with Crippen LogP contribution in [0.5, 0.6) is 5.75 Å². The molecule has 8 heteroatoms. The number of carbonyl (C=O) groups excluding carboxylic acids is 3. The average Bonchev–Trinajstić information content (AvgIpc) is 2.67. The van der Waals surface area contributed by atoms with E-state index in [-0.39, 0.29) is 17.9 Å². The number of imide groups is 1. The van der Waals surface area contributed by atoms with Crippen molar-refractivity contribution in [1.29, 1.82) is 0 Å². The molecule has 1 heterocycles. The van der Waals surface area contributed by atoms with E-state index in [0.717, 1.165) is 11.6 Å². The molecule has 27 heavy (non-hydrogen) atoms. The summed E-state index contributed by atoms with van der Waals surface area (Å²) in [5.41, 5.74) is 0.893. The van der Waals surface area contributed by atoms with Crippen molar-refractivity contribution in [2.24, 2.45) is 0 Å². The van der Waals surface area contributed by atoms with Crippen molar-refractivity contribution in [3.63, 3.8) is 0 Å². The first-order valence-electron chi connectivity index (χ1n) is 7.98. The number of para-hydroxylation sites is 2. The molecular formula is C19H15FN2O5. The van der Waals surface area contributed by atoms with Crippen LogP contribution in [0.4, 0.5) is 14.9 Å². The summed E-state index contributed by atoms with van der Waals surface area (Å²) in [6, 6.07) is 11.7. The summed E-state index contributed by atoms with van der Waals surface area (Å²) in [4.78, 5) is 35.4. The number of rotatable bonds is 4. The normalized spacial score (nSPS) is 12.1. The molecule has 7 nitrogen and oxygen atoms in total. The Hall–Kier alpha value is -3.68. The number of nitrogens with one attached hydrogen (secondary N) is 2. The maximum atomic E-state index is 13.4. The Balaban J connectivity index is 1.49. The van der Waals surface area contributed by atoms with Crippen molar-refractivity contribution in [2.75, 3.05) is 18.5 Å². The number of carbonyl (C=O) groups is 3. The van der Waals surface area contributed by atoms with Crippen molar-refractivity contribution >= 4 is 29.7 Å². The Morgan fingerprint density at radius 3 is 2.63 bits per heavy atom. The van der Waals surface area contributed by atoms with Crippen molar-refractivity contribution in [1.82, 2.24) is 5.32 Å². The van der Waals surface area contributed by atoms with Gasteiger partial charge in [0.1, 0.15) is 18.2 Å². The third kappa shape index (κ3) is 4.69. The van der Waals surface area contributed by atoms with Gasteiger partial charge in [-0.05, 0) is 24.3 Å². The molecule has 0 fully saturated rings. The minimum absolute atomic E-state index is 0.0191. The summed E-state index contributed by atoms with van der Waals surface area (Å²) in [6.45, 7) is -0.645. The van der Waals surface area contributed by atoms with Gasteiger partial charge in [-0.15, -0.1) is 0 Å². The fraction of sp³-hybridized carbons (Fsp3) is 0.105. The van der Waals surface area contributed by atoms with Crippen molar-refractivity contribution in [2.45, 2.75) is 0 Å². The lowest BCUT2D eigenvalue weighted by atomic mass is 10.1. The summed E-state index contributed by atoms with van der Waals surface area (Å²) in [6.07, 6.45) is 1.62. The number of halogens is 1. The first kappa shape index (κ1) is 18.1. The Labute approximate surface area is 153 Å². The van der Waals surface area contributed by atoms with Gasteiger partial charge < -0.3 is 14.8 Å². The van der Waals surface area contributed by atoms with Crippen LogP contribution >= 0.6 is 0 Å². The predicted molar refractivity (Wildman–Crippen MR) is 94.4 cm³/mol. The smallest absolute Gasteiger partial charge is 0.338 e. The third-order valence-corrected chi connectivity index (χ3v) is 3.60. The van der Waals surface area contributed by atoms with Gasteiger partial charge in [-0.2, -0.15) is 0 Å². The van der Waals surface area contributed by atoms with Gasteiger partial charge in [0.2, 0.25) is 0 Å². The fourth-order valence-corrected chi connectivity index (χ4v) is 2.34. The van der Waals surface area contributed by atoms with Crippen LogP contribution in [-0.4, -0.2) is 31.1 Å². The summed E-state index contributed by atoms with van der Waals surface area (Å²) in [5, 5.41) is 4.13. The van der Waals surface area contributed by atoms with E-state index in [1.807, 2.05) is 11.4 Å². The van der Waals surface area contributed by atoms with Crippen LogP contribution in [0.1, 0.15) is 5.56 Å². The van der Waals surface area contributed by atoms with Crippen LogP contribution < -0.4 is 15.4 Å². The molecule has 2 aromatic carbocycles. The molecule has 3 amide bonds. The maximum absolute atomic E-state index is 13.4. The van der Waals surface area contributed by atoms with Crippen LogP contribution in [-0.2, 0) is 14.3 Å². The number of anilines is 1. The number of hydrogen-bond donors (Lipinski definition) is 2. The van der Waals surface area contributed by atoms with Crippen LogP contribution in [0.15, 0.2) is 54.1 Å². The second-order valence-corrected chi connectivity index (χ2v) is 5.55. The molecule has 0 unspecified atom stereocenters. The van der Waals surface area contributed by atoms with Gasteiger partial charge in [-0.25, -0.2) is 14.0 Å². The molecule has 0 aromatic heterocycles. The lowest BCUT2D eigenvalue weighted by Gasteiger charge is -2.16. The van der Waals surface area contributed by atoms with Crippen LogP contribution in [0.2, 0.25) is 0 Å². The summed E-state index contributed by atoms with van der Waals surface area (Å²) >= 11 is 0. The second-order valence-electron chi connectivity index (χ2n) is 5.55. The first-order chi connectivity index (χ1) is 13.0. The van der Waals surface area contributed by atoms with Gasteiger partial charge >= 0.3 is 12.0 Å². The zero-order valence-corrected chi connectivity index (χ0v) is 14.0. The van der Waals surface area contributed by atoms with Crippen LogP contribution in [0.25, 0.3) is 6.08 Å². The fourth-order valence-electron chi connectivity index (χ4n) is 2.34. The number of ether oxygens (including phenoxy) is 2. The van der Waals surface area contributed by atoms with Crippen LogP contribution in [0.3, 0.4) is 0 Å². The van der Waals surface area contributed by atoms with E-state index in [1.165, 1.54) is 18.2 Å². The molecular weight excluding hydrogens is 355 g/mol. The molecule has 1 aliphatic heterocycles. The molecule has 0 atom stereocenters. The monoisotopic (exact) mass is 370 g/mol. The van der Waals surface area contributed by atoms with E-state index in [0.29, 0.717) is 5.75 Å². The molecule has 1 aliphatic rings. The highest BCUT2D eigenvalue weighted by atomic mass is 19.1. The highest BCUT2D eigenvalue weighted by molar-refractivity contribution is 6.02. The molecule has 0 aliphatic carbocycles. The minimum Gasteiger partial charge on any atom is -0.488 e. The van der Waals surface area contributed by atoms with Gasteiger partial charge in [0.15, 0.2) is 6.61 Å². The number of amides is 3. The van der Waals surface area contributed by atoms with Crippen molar-refractivity contribution in [3.8, 4) is 5.75 Å². The average molecular weight is 370 g/mol. The zero-order chi connectivity index (χ0) is 19.2. The van der Waals surface area contributed by atoms with E-state index in [9.17, 15) is 18.8 Å². The zero-order valence-electron chi connectivity index (χ0n) is 14.0. The largest absolute Gasteiger partial charge is 0.488 e. The van der Waals surface area contributed by atoms with Crippen molar-refractivity contribution in [3.05, 3.63) is 65.5 Å². The molecule has 2 N–H and O–H groups in total. The molecule has 2 aromatic rings. The van der Waals surface area contributed by atoms with E-state index < -0.39 is 30.3 Å². The first-order valence-corrected chi connectivity index (χ1v) is 7.98. The highest BCUT2D eigenvalue weighted by Gasteiger charge is 2.19.